The molecule has 0 spiro atoms. The quantitative estimate of drug-likeness (QED) is 0.0371. The van der Waals surface area contributed by atoms with Crippen molar-refractivity contribution in [2.75, 3.05) is 20.8 Å². The maximum absolute atomic E-state index is 15.9. The molecule has 4 rings (SSSR count). The van der Waals surface area contributed by atoms with Gasteiger partial charge in [0.2, 0.25) is 0 Å². The lowest BCUT2D eigenvalue weighted by molar-refractivity contribution is -0.151. The predicted octanol–water partition coefficient (Wildman–Crippen LogP) is 4.24. The summed E-state index contributed by atoms with van der Waals surface area (Å²) in [5.74, 6) is 1.43. The normalized spacial score (nSPS) is 13.5. The first-order chi connectivity index (χ1) is 26.0. The Hall–Kier alpha value is -6.02. The van der Waals surface area contributed by atoms with Gasteiger partial charge in [-0.05, 0) is 44.9 Å². The van der Waals surface area contributed by atoms with Gasteiger partial charge in [-0.1, -0.05) is 25.8 Å². The van der Waals surface area contributed by atoms with Gasteiger partial charge >= 0.3 is 17.8 Å². The van der Waals surface area contributed by atoms with E-state index in [0.717, 1.165) is 15.7 Å². The summed E-state index contributed by atoms with van der Waals surface area (Å²) in [7, 11) is 2.74. The van der Waals surface area contributed by atoms with Crippen LogP contribution in [0.1, 0.15) is 68.7 Å². The number of ether oxygens (including phenoxy) is 5. The Balaban J connectivity index is 1.62. The molecule has 0 radical (unpaired) electrons. The third kappa shape index (κ3) is 9.75. The van der Waals surface area contributed by atoms with Crippen LogP contribution in [0.15, 0.2) is 48.6 Å². The van der Waals surface area contributed by atoms with Gasteiger partial charge in [-0.3, -0.25) is 23.9 Å². The van der Waals surface area contributed by atoms with Crippen molar-refractivity contribution in [1.29, 1.82) is 0 Å². The van der Waals surface area contributed by atoms with Crippen LogP contribution in [-0.4, -0.2) is 63.9 Å². The lowest BCUT2D eigenvalue weighted by Gasteiger charge is -2.30. The zero-order valence-corrected chi connectivity index (χ0v) is 32.2. The van der Waals surface area contributed by atoms with Crippen molar-refractivity contribution in [2.24, 2.45) is 4.99 Å². The minimum Gasteiger partial charge on any atom is -0.498 e. The number of imidazole rings is 1. The molecule has 0 aliphatic rings. The van der Waals surface area contributed by atoms with Gasteiger partial charge in [-0.25, -0.2) is 9.78 Å². The van der Waals surface area contributed by atoms with E-state index in [9.17, 15) is 19.2 Å². The van der Waals surface area contributed by atoms with Crippen LogP contribution in [0.5, 0.6) is 5.75 Å². The Morgan fingerprint density at radius 2 is 1.87 bits per heavy atom. The molecule has 3 heterocycles. The molecule has 3 aromatic heterocycles. The number of carbonyl (C=O) groups excluding carboxylic acids is 3. The monoisotopic (exact) mass is 765 g/mol. The summed E-state index contributed by atoms with van der Waals surface area (Å²) in [4.78, 5) is 61.1. The summed E-state index contributed by atoms with van der Waals surface area (Å²) < 4.78 is 55.6. The Morgan fingerprint density at radius 1 is 1.15 bits per heavy atom. The molecule has 16 nitrogen and oxygen atoms in total. The number of fused-ring (bicyclic) bond motifs is 1. The van der Waals surface area contributed by atoms with Crippen molar-refractivity contribution >= 4 is 29.6 Å². The maximum atomic E-state index is 15.9. The number of carbonyl (C=O) groups is 3. The van der Waals surface area contributed by atoms with Crippen LogP contribution < -0.4 is 16.0 Å². The number of halogens is 1. The first-order valence-electron chi connectivity index (χ1n) is 17.0. The molecule has 4 aromatic rings. The Morgan fingerprint density at radius 3 is 2.47 bits per heavy atom. The summed E-state index contributed by atoms with van der Waals surface area (Å²) in [6, 6.07) is 3.69. The fourth-order valence-corrected chi connectivity index (χ4v) is 6.13. The van der Waals surface area contributed by atoms with Gasteiger partial charge in [0.05, 0.1) is 26.4 Å². The van der Waals surface area contributed by atoms with Crippen LogP contribution in [0.2, 0.25) is 0 Å². The topological polar surface area (TPSA) is 189 Å². The number of aryl methyl sites for hydroxylation is 4. The largest absolute Gasteiger partial charge is 0.519 e. The van der Waals surface area contributed by atoms with Crippen molar-refractivity contribution in [1.82, 2.24) is 19.1 Å². The second kappa shape index (κ2) is 17.4. The highest BCUT2D eigenvalue weighted by atomic mass is 19.1. The molecule has 0 fully saturated rings. The Kier molecular flexibility index (Phi) is 13.2. The summed E-state index contributed by atoms with van der Waals surface area (Å²) >= 11 is 0. The number of rotatable bonds is 17. The van der Waals surface area contributed by atoms with Crippen molar-refractivity contribution in [3.8, 4) is 18.1 Å². The zero-order chi connectivity index (χ0) is 40.7. The second-order valence-electron chi connectivity index (χ2n) is 13.4. The van der Waals surface area contributed by atoms with Gasteiger partial charge in [-0.2, -0.15) is 9.37 Å². The number of aromatic nitrogens is 4. The van der Waals surface area contributed by atoms with E-state index in [2.05, 4.69) is 20.9 Å². The van der Waals surface area contributed by atoms with E-state index in [0.29, 0.717) is 11.3 Å². The molecule has 0 aliphatic heterocycles. The standard InChI is InChI=1S/C38H44FN5O11/c1-11-38(50-10,19-51-30(47)16-37(7,8)31-23(3)14-22(2)15-27(31)54-26(6)46)12-13-43-20-41-32-33(40-17-28-25(5)53-36(48)55-28)44(35(39)42-34(32)43)18-29(52-21-45)24(4)49-9/h1,14-15,20-21H,12-13,16-19H2,2-10H3/b29-24-,40-33?. The molecule has 0 aliphatic carbocycles. The molecule has 0 amide bonds. The second-order valence-corrected chi connectivity index (χ2v) is 13.4. The molecule has 0 saturated heterocycles. The molecule has 55 heavy (non-hydrogen) atoms. The molecule has 1 atom stereocenters. The number of terminal acetylenes is 1. The molecule has 17 heteroatoms. The average molecular weight is 766 g/mol. The molecule has 0 N–H and O–H groups in total. The minimum atomic E-state index is -1.40. The van der Waals surface area contributed by atoms with Crippen molar-refractivity contribution in [3.05, 3.63) is 80.4 Å². The van der Waals surface area contributed by atoms with E-state index in [1.807, 2.05) is 33.8 Å². The fourth-order valence-electron chi connectivity index (χ4n) is 6.13. The third-order valence-electron chi connectivity index (χ3n) is 8.93. The van der Waals surface area contributed by atoms with Gasteiger partial charge in [-0.15, -0.1) is 6.42 Å². The van der Waals surface area contributed by atoms with Gasteiger partial charge in [0, 0.05) is 38.0 Å². The van der Waals surface area contributed by atoms with Crippen molar-refractivity contribution < 1.29 is 51.3 Å². The number of allylic oxidation sites excluding steroid dienone is 2. The van der Waals surface area contributed by atoms with Gasteiger partial charge in [0.1, 0.15) is 30.4 Å². The molecule has 1 aromatic carbocycles. The van der Waals surface area contributed by atoms with Crippen LogP contribution in [-0.2, 0) is 58.4 Å². The molecule has 294 valence electrons. The summed E-state index contributed by atoms with van der Waals surface area (Å²) in [5.41, 5.74) is 0.421. The van der Waals surface area contributed by atoms with E-state index in [-0.39, 0.29) is 85.2 Å². The number of hydrogen-bond donors (Lipinski definition) is 0. The van der Waals surface area contributed by atoms with Crippen molar-refractivity contribution in [3.63, 3.8) is 0 Å². The Bertz CT molecular complexity index is 2290. The van der Waals surface area contributed by atoms with Crippen LogP contribution in [0.25, 0.3) is 11.2 Å². The number of esters is 2. The lowest BCUT2D eigenvalue weighted by Crippen LogP contribution is -2.38. The summed E-state index contributed by atoms with van der Waals surface area (Å²) in [6.07, 6.45) is 6.31. The van der Waals surface area contributed by atoms with E-state index in [1.54, 1.807) is 6.07 Å². The smallest absolute Gasteiger partial charge is 0.498 e. The number of nitrogens with zero attached hydrogens (tertiary/aromatic N) is 5. The highest BCUT2D eigenvalue weighted by Gasteiger charge is 2.34. The van der Waals surface area contributed by atoms with Gasteiger partial charge in [0.15, 0.2) is 33.8 Å². The van der Waals surface area contributed by atoms with E-state index < -0.39 is 34.9 Å². The van der Waals surface area contributed by atoms with Crippen molar-refractivity contribution in [2.45, 2.75) is 92.0 Å². The summed E-state index contributed by atoms with van der Waals surface area (Å²) in [5, 5.41) is 0. The SMILES string of the molecule is C#CC(CCn1cnc2c(=NCc3oc(=O)oc3C)n(C/C(OC=O)=C(\C)OC)c(F)nc21)(COC(=O)CC(C)(C)c1c(C)cc(C)cc1OC(C)=O)OC. The molecule has 0 saturated carbocycles. The van der Waals surface area contributed by atoms with E-state index >= 15 is 4.39 Å². The minimum absolute atomic E-state index is 0.0277. The predicted molar refractivity (Wildman–Crippen MR) is 193 cm³/mol. The van der Waals surface area contributed by atoms with Crippen LogP contribution >= 0.6 is 0 Å². The van der Waals surface area contributed by atoms with E-state index in [4.69, 9.17) is 38.9 Å². The lowest BCUT2D eigenvalue weighted by atomic mass is 9.78. The molecular formula is C38H44FN5O11. The average Bonchev–Trinajstić information content (AvgIpc) is 3.66. The first-order valence-corrected chi connectivity index (χ1v) is 17.0. The number of benzene rings is 1. The van der Waals surface area contributed by atoms with Crippen LogP contribution in [0, 0.1) is 39.2 Å². The maximum Gasteiger partial charge on any atom is 0.519 e. The highest BCUT2D eigenvalue weighted by Crippen LogP contribution is 2.38. The van der Waals surface area contributed by atoms with Crippen LogP contribution in [0.4, 0.5) is 4.39 Å². The van der Waals surface area contributed by atoms with Crippen LogP contribution in [0.3, 0.4) is 0 Å². The number of methoxy groups -OCH3 is 2. The van der Waals surface area contributed by atoms with Gasteiger partial charge in [0.25, 0.3) is 12.6 Å². The Labute approximate surface area is 315 Å². The molecular weight excluding hydrogens is 721 g/mol. The first kappa shape index (κ1) is 41.7. The highest BCUT2D eigenvalue weighted by molar-refractivity contribution is 5.74. The fraction of sp³-hybridized carbons (Fsp3) is 0.447. The summed E-state index contributed by atoms with van der Waals surface area (Å²) in [6.45, 7) is 11.2. The third-order valence-corrected chi connectivity index (χ3v) is 8.93. The zero-order valence-electron chi connectivity index (χ0n) is 32.2. The molecule has 0 bridgehead atoms. The molecule has 1 unspecified atom stereocenters. The number of hydrogen-bond acceptors (Lipinski definition) is 14. The van der Waals surface area contributed by atoms with E-state index in [1.165, 1.54) is 45.9 Å². The van der Waals surface area contributed by atoms with Gasteiger partial charge < -0.3 is 37.1 Å².